The molecule has 0 saturated heterocycles. The Balaban J connectivity index is -0.000000101. The van der Waals surface area contributed by atoms with Crippen LogP contribution in [0.3, 0.4) is 0 Å². The Kier molecular flexibility index (Phi) is 8.18. The van der Waals surface area contributed by atoms with Gasteiger partial charge in [0, 0.05) is 0 Å². The van der Waals surface area contributed by atoms with Crippen molar-refractivity contribution < 1.29 is 7.96 Å². The number of hydrogen-bond acceptors (Lipinski definition) is 1. The standard InChI is InChI=1S/C8H10O.BrH.Ca.2H/c1-6-3-7(2)5-8(9)4-6;;;;/h3-5,9H,1-2H3;1H;;;/q;;+2;2*-1. The van der Waals surface area contributed by atoms with Gasteiger partial charge in [0.05, 0.1) is 0 Å². The molecule has 0 aliphatic rings. The number of aromatic hydroxyl groups is 1. The minimum atomic E-state index is 0. The van der Waals surface area contributed by atoms with Gasteiger partial charge in [0.2, 0.25) is 0 Å². The Morgan fingerprint density at radius 1 is 1.09 bits per heavy atom. The van der Waals surface area contributed by atoms with E-state index in [-0.39, 0.29) is 57.6 Å². The summed E-state index contributed by atoms with van der Waals surface area (Å²) >= 11 is 0. The first-order chi connectivity index (χ1) is 4.18. The molecule has 0 aliphatic carbocycles. The molecule has 0 aromatic heterocycles. The Bertz CT molecular complexity index is 183. The summed E-state index contributed by atoms with van der Waals surface area (Å²) in [6.07, 6.45) is 0. The van der Waals surface area contributed by atoms with Gasteiger partial charge in [-0.25, -0.2) is 0 Å². The molecule has 60 valence electrons. The fourth-order valence-electron chi connectivity index (χ4n) is 0.951. The SMILES string of the molecule is Br.Cc1cc(C)cc(O)c1.[Ca+2].[H-].[H-]. The van der Waals surface area contributed by atoms with Gasteiger partial charge in [-0.1, -0.05) is 6.07 Å². The van der Waals surface area contributed by atoms with Gasteiger partial charge in [-0.05, 0) is 37.1 Å². The molecule has 0 amide bonds. The van der Waals surface area contributed by atoms with Crippen molar-refractivity contribution in [2.24, 2.45) is 0 Å². The van der Waals surface area contributed by atoms with E-state index in [1.807, 2.05) is 19.9 Å². The van der Waals surface area contributed by atoms with Crippen LogP contribution in [0.15, 0.2) is 18.2 Å². The third-order valence-corrected chi connectivity index (χ3v) is 1.21. The minimum Gasteiger partial charge on any atom is -1.00 e. The van der Waals surface area contributed by atoms with Crippen LogP contribution in [0, 0.1) is 13.8 Å². The Morgan fingerprint density at radius 2 is 1.45 bits per heavy atom. The van der Waals surface area contributed by atoms with Crippen LogP contribution in [-0.2, 0) is 0 Å². The van der Waals surface area contributed by atoms with Crippen LogP contribution < -0.4 is 0 Å². The maximum Gasteiger partial charge on any atom is 2.00 e. The van der Waals surface area contributed by atoms with Crippen molar-refractivity contribution in [3.8, 4) is 5.75 Å². The van der Waals surface area contributed by atoms with E-state index in [4.69, 9.17) is 5.11 Å². The number of phenolic OH excluding ortho intramolecular Hbond substituents is 1. The molecule has 0 saturated carbocycles. The molecule has 1 aromatic rings. The molecule has 1 N–H and O–H groups in total. The van der Waals surface area contributed by atoms with Gasteiger partial charge in [-0.3, -0.25) is 0 Å². The van der Waals surface area contributed by atoms with Crippen molar-refractivity contribution in [2.75, 3.05) is 0 Å². The molecule has 0 heterocycles. The first kappa shape index (κ1) is 14.3. The van der Waals surface area contributed by atoms with E-state index in [0.717, 1.165) is 11.1 Å². The van der Waals surface area contributed by atoms with Gasteiger partial charge in [0.1, 0.15) is 5.75 Å². The number of rotatable bonds is 0. The van der Waals surface area contributed by atoms with Gasteiger partial charge < -0.3 is 7.96 Å². The summed E-state index contributed by atoms with van der Waals surface area (Å²) in [6, 6.07) is 5.51. The summed E-state index contributed by atoms with van der Waals surface area (Å²) in [7, 11) is 0. The maximum atomic E-state index is 8.99. The van der Waals surface area contributed by atoms with Gasteiger partial charge in [-0.15, -0.1) is 17.0 Å². The molecule has 3 heteroatoms. The molecule has 1 aromatic carbocycles. The number of benzene rings is 1. The van der Waals surface area contributed by atoms with Crippen molar-refractivity contribution in [3.05, 3.63) is 29.3 Å². The van der Waals surface area contributed by atoms with Crippen molar-refractivity contribution in [2.45, 2.75) is 13.8 Å². The second-order valence-corrected chi connectivity index (χ2v) is 2.35. The van der Waals surface area contributed by atoms with Crippen LogP contribution in [-0.4, -0.2) is 42.8 Å². The van der Waals surface area contributed by atoms with E-state index in [1.165, 1.54) is 0 Å². The second kappa shape index (κ2) is 6.29. The van der Waals surface area contributed by atoms with Crippen LogP contribution in [0.5, 0.6) is 5.75 Å². The van der Waals surface area contributed by atoms with Crippen LogP contribution in [0.1, 0.15) is 14.0 Å². The average Bonchev–Trinajstić information content (AvgIpc) is 1.59. The summed E-state index contributed by atoms with van der Waals surface area (Å²) < 4.78 is 0. The van der Waals surface area contributed by atoms with E-state index >= 15 is 0 Å². The number of phenols is 1. The quantitative estimate of drug-likeness (QED) is 0.696. The first-order valence-corrected chi connectivity index (χ1v) is 2.96. The summed E-state index contributed by atoms with van der Waals surface area (Å²) in [6.45, 7) is 3.93. The van der Waals surface area contributed by atoms with Crippen molar-refractivity contribution in [1.29, 1.82) is 0 Å². The molecule has 0 radical (unpaired) electrons. The predicted molar refractivity (Wildman–Crippen MR) is 55.9 cm³/mol. The zero-order valence-electron chi connectivity index (χ0n) is 8.79. The predicted octanol–water partition coefficient (Wildman–Crippen LogP) is 2.43. The first-order valence-electron chi connectivity index (χ1n) is 2.96. The van der Waals surface area contributed by atoms with Crippen molar-refractivity contribution >= 4 is 54.7 Å². The van der Waals surface area contributed by atoms with E-state index in [2.05, 4.69) is 0 Å². The molecular weight excluding hydrogens is 232 g/mol. The molecular formula is C8H13BrCaO. The fraction of sp³-hybridized carbons (Fsp3) is 0.250. The van der Waals surface area contributed by atoms with Gasteiger partial charge in [0.15, 0.2) is 0 Å². The third-order valence-electron chi connectivity index (χ3n) is 1.21. The minimum absolute atomic E-state index is 0. The Labute approximate surface area is 111 Å². The monoisotopic (exact) mass is 244 g/mol. The average molecular weight is 245 g/mol. The molecule has 0 unspecified atom stereocenters. The molecule has 0 atom stereocenters. The number of hydrogen-bond donors (Lipinski definition) is 1. The molecule has 0 spiro atoms. The van der Waals surface area contributed by atoms with Crippen LogP contribution in [0.2, 0.25) is 0 Å². The normalized spacial score (nSPS) is 7.82. The molecule has 0 aliphatic heterocycles. The van der Waals surface area contributed by atoms with E-state index < -0.39 is 0 Å². The molecule has 0 bridgehead atoms. The fourth-order valence-corrected chi connectivity index (χ4v) is 0.951. The van der Waals surface area contributed by atoms with Gasteiger partial charge in [-0.2, -0.15) is 0 Å². The summed E-state index contributed by atoms with van der Waals surface area (Å²) in [5.74, 6) is 0.354. The van der Waals surface area contributed by atoms with Crippen LogP contribution in [0.25, 0.3) is 0 Å². The molecule has 1 nitrogen and oxygen atoms in total. The summed E-state index contributed by atoms with van der Waals surface area (Å²) in [4.78, 5) is 0. The molecule has 1 rings (SSSR count). The second-order valence-electron chi connectivity index (χ2n) is 2.35. The van der Waals surface area contributed by atoms with Gasteiger partial charge >= 0.3 is 37.7 Å². The van der Waals surface area contributed by atoms with Crippen LogP contribution in [0.4, 0.5) is 0 Å². The van der Waals surface area contributed by atoms with E-state index in [0.29, 0.717) is 5.75 Å². The number of aryl methyl sites for hydroxylation is 2. The molecule has 11 heavy (non-hydrogen) atoms. The molecule has 0 fully saturated rings. The zero-order chi connectivity index (χ0) is 6.85. The topological polar surface area (TPSA) is 20.2 Å². The maximum absolute atomic E-state index is 8.99. The smallest absolute Gasteiger partial charge is 1.00 e. The summed E-state index contributed by atoms with van der Waals surface area (Å²) in [5, 5.41) is 8.99. The van der Waals surface area contributed by atoms with Crippen LogP contribution >= 0.6 is 17.0 Å². The summed E-state index contributed by atoms with van der Waals surface area (Å²) in [5.41, 5.74) is 2.21. The zero-order valence-corrected chi connectivity index (χ0v) is 10.7. The van der Waals surface area contributed by atoms with Crippen molar-refractivity contribution in [3.63, 3.8) is 0 Å². The van der Waals surface area contributed by atoms with E-state index in [1.54, 1.807) is 12.1 Å². The van der Waals surface area contributed by atoms with Crippen molar-refractivity contribution in [1.82, 2.24) is 0 Å². The largest absolute Gasteiger partial charge is 2.00 e. The number of halogens is 1. The Morgan fingerprint density at radius 3 is 1.73 bits per heavy atom. The van der Waals surface area contributed by atoms with E-state index in [9.17, 15) is 0 Å². The van der Waals surface area contributed by atoms with Gasteiger partial charge in [0.25, 0.3) is 0 Å². The Hall–Kier alpha value is 0.760. The third kappa shape index (κ3) is 5.07.